The number of nitrogens with zero attached hydrogens (tertiary/aromatic N) is 4. The first-order valence-electron chi connectivity index (χ1n) is 16.1. The molecule has 0 spiro atoms. The number of amides is 2. The average Bonchev–Trinajstić information content (AvgIpc) is 3.66. The maximum Gasteiger partial charge on any atom is 0.472 e. The van der Waals surface area contributed by atoms with E-state index in [1.807, 2.05) is 13.8 Å². The lowest BCUT2D eigenvalue weighted by molar-refractivity contribution is -0.150. The number of hydrogen-bond acceptors (Lipinski definition) is 10. The fourth-order valence-corrected chi connectivity index (χ4v) is 8.24. The predicted octanol–water partition coefficient (Wildman–Crippen LogP) is 4.69. The normalized spacial score (nSPS) is 26.8. The molecule has 6 rings (SSSR count). The van der Waals surface area contributed by atoms with E-state index < -0.39 is 43.3 Å². The second kappa shape index (κ2) is 12.8. The summed E-state index contributed by atoms with van der Waals surface area (Å²) >= 11 is 0. The van der Waals surface area contributed by atoms with Crippen molar-refractivity contribution in [1.82, 2.24) is 9.80 Å². The number of hydrogen-bond donors (Lipinski definition) is 1. The summed E-state index contributed by atoms with van der Waals surface area (Å²) in [5.74, 6) is 0.849. The zero-order valence-corrected chi connectivity index (χ0v) is 28.3. The van der Waals surface area contributed by atoms with Crippen molar-refractivity contribution in [2.24, 2.45) is 0 Å². The minimum atomic E-state index is -4.78. The SMILES string of the molecule is CC1(C)Oc2ccc(C#N)cc2[C@H](N2CCCC2=O)[C@H]1OCCOP(=O)(O)O[C@H]1[C@H](N2CCCC2=O)c2cc(C#N)ccc2OC1(C)C. The van der Waals surface area contributed by atoms with Gasteiger partial charge in [-0.15, -0.1) is 0 Å². The Labute approximate surface area is 279 Å². The first-order chi connectivity index (χ1) is 22.7. The lowest BCUT2D eigenvalue weighted by Crippen LogP contribution is -2.55. The van der Waals surface area contributed by atoms with Crippen LogP contribution < -0.4 is 9.47 Å². The van der Waals surface area contributed by atoms with Gasteiger partial charge in [-0.2, -0.15) is 10.5 Å². The van der Waals surface area contributed by atoms with Gasteiger partial charge in [0.2, 0.25) is 11.8 Å². The molecule has 5 atom stereocenters. The second-order valence-electron chi connectivity index (χ2n) is 13.5. The van der Waals surface area contributed by atoms with E-state index in [4.69, 9.17) is 23.3 Å². The Hall–Kier alpha value is -3.97. The molecule has 0 bridgehead atoms. The maximum absolute atomic E-state index is 13.5. The van der Waals surface area contributed by atoms with Crippen LogP contribution in [0.5, 0.6) is 11.5 Å². The number of carbonyl (C=O) groups is 2. The van der Waals surface area contributed by atoms with Crippen LogP contribution in [0.1, 0.15) is 87.7 Å². The molecule has 0 saturated carbocycles. The molecule has 2 amide bonds. The summed E-state index contributed by atoms with van der Waals surface area (Å²) in [6.07, 6.45) is 0.216. The van der Waals surface area contributed by atoms with Crippen LogP contribution in [-0.2, 0) is 27.9 Å². The van der Waals surface area contributed by atoms with E-state index in [1.54, 1.807) is 60.0 Å². The molecule has 254 valence electrons. The zero-order valence-electron chi connectivity index (χ0n) is 27.4. The molecule has 4 aliphatic heterocycles. The number of ether oxygens (including phenoxy) is 3. The summed E-state index contributed by atoms with van der Waals surface area (Å²) in [5.41, 5.74) is -0.136. The Morgan fingerprint density at radius 2 is 1.31 bits per heavy atom. The highest BCUT2D eigenvalue weighted by Gasteiger charge is 2.53. The molecule has 48 heavy (non-hydrogen) atoms. The highest BCUT2D eigenvalue weighted by molar-refractivity contribution is 7.47. The van der Waals surface area contributed by atoms with Gasteiger partial charge in [-0.05, 0) is 76.9 Å². The first kappa shape index (κ1) is 33.9. The molecule has 14 heteroatoms. The van der Waals surface area contributed by atoms with Crippen LogP contribution >= 0.6 is 7.82 Å². The van der Waals surface area contributed by atoms with E-state index in [0.717, 1.165) is 0 Å². The van der Waals surface area contributed by atoms with Crippen molar-refractivity contribution in [2.75, 3.05) is 26.3 Å². The molecule has 0 aromatic heterocycles. The minimum Gasteiger partial charge on any atom is -0.485 e. The Kier molecular flexibility index (Phi) is 9.05. The van der Waals surface area contributed by atoms with E-state index >= 15 is 0 Å². The summed E-state index contributed by atoms with van der Waals surface area (Å²) in [6.45, 7) is 7.53. The highest BCUT2D eigenvalue weighted by atomic mass is 31.2. The first-order valence-corrected chi connectivity index (χ1v) is 17.6. The van der Waals surface area contributed by atoms with Crippen LogP contribution in [-0.4, -0.2) is 76.2 Å². The van der Waals surface area contributed by atoms with Crippen molar-refractivity contribution >= 4 is 19.6 Å². The zero-order chi connectivity index (χ0) is 34.4. The van der Waals surface area contributed by atoms with Crippen LogP contribution in [0.25, 0.3) is 0 Å². The van der Waals surface area contributed by atoms with E-state index in [9.17, 15) is 29.6 Å². The van der Waals surface area contributed by atoms with Crippen molar-refractivity contribution in [1.29, 1.82) is 10.5 Å². The molecule has 2 saturated heterocycles. The van der Waals surface area contributed by atoms with Gasteiger partial charge in [0.05, 0.1) is 48.6 Å². The molecule has 4 aliphatic rings. The van der Waals surface area contributed by atoms with E-state index in [2.05, 4.69) is 12.1 Å². The molecule has 0 aliphatic carbocycles. The summed E-state index contributed by atoms with van der Waals surface area (Å²) in [5, 5.41) is 19.1. The molecule has 2 aromatic rings. The van der Waals surface area contributed by atoms with Gasteiger partial charge >= 0.3 is 7.82 Å². The van der Waals surface area contributed by atoms with Crippen molar-refractivity contribution in [3.05, 3.63) is 58.7 Å². The van der Waals surface area contributed by atoms with Crippen LogP contribution in [0.2, 0.25) is 0 Å². The predicted molar refractivity (Wildman–Crippen MR) is 169 cm³/mol. The largest absolute Gasteiger partial charge is 0.485 e. The third-order valence-electron chi connectivity index (χ3n) is 9.38. The molecular formula is C34H39N4O9P. The molecule has 13 nitrogen and oxygen atoms in total. The average molecular weight is 679 g/mol. The number of rotatable bonds is 9. The fraction of sp³-hybridized carbons (Fsp3) is 0.529. The number of phosphoric acid groups is 1. The third-order valence-corrected chi connectivity index (χ3v) is 10.4. The van der Waals surface area contributed by atoms with Gasteiger partial charge in [0.1, 0.15) is 34.9 Å². The Morgan fingerprint density at radius 3 is 1.77 bits per heavy atom. The summed E-state index contributed by atoms with van der Waals surface area (Å²) in [4.78, 5) is 40.3. The van der Waals surface area contributed by atoms with Crippen LogP contribution in [0.3, 0.4) is 0 Å². The summed E-state index contributed by atoms with van der Waals surface area (Å²) < 4.78 is 43.6. The lowest BCUT2D eigenvalue weighted by Gasteiger charge is -2.47. The number of benzene rings is 2. The van der Waals surface area contributed by atoms with Gasteiger partial charge in [0.15, 0.2) is 0 Å². The van der Waals surface area contributed by atoms with Gasteiger partial charge in [-0.25, -0.2) is 4.57 Å². The van der Waals surface area contributed by atoms with Crippen LogP contribution in [0, 0.1) is 22.7 Å². The highest BCUT2D eigenvalue weighted by Crippen LogP contribution is 2.54. The van der Waals surface area contributed by atoms with E-state index in [0.29, 0.717) is 72.5 Å². The number of fused-ring (bicyclic) bond motifs is 2. The van der Waals surface area contributed by atoms with Crippen molar-refractivity contribution in [2.45, 2.75) is 88.9 Å². The smallest absolute Gasteiger partial charge is 0.472 e. The van der Waals surface area contributed by atoms with E-state index in [1.165, 1.54) is 0 Å². The monoisotopic (exact) mass is 678 g/mol. The van der Waals surface area contributed by atoms with Gasteiger partial charge in [0.25, 0.3) is 0 Å². The standard InChI is InChI=1S/C34H39N4O9P/c1-33(2)31(29(37-13-5-7-27(37)39)23-17-21(19-35)9-11-25(23)45-33)43-15-16-44-48(41,42)47-32-30(38-14-6-8-28(38)40)24-18-22(20-36)10-12-26(24)46-34(32,3)4/h9-12,17-18,29-32H,5-8,13-16H2,1-4H3,(H,41,42)/t29-,30+,31+,32-/m0/s1. The number of nitriles is 2. The van der Waals surface area contributed by atoms with Gasteiger partial charge in [0, 0.05) is 37.1 Å². The Bertz CT molecular complexity index is 1750. The minimum absolute atomic E-state index is 0.0315. The molecule has 2 aromatic carbocycles. The topological polar surface area (TPSA) is 172 Å². The van der Waals surface area contributed by atoms with E-state index in [-0.39, 0.29) is 25.0 Å². The van der Waals surface area contributed by atoms with Crippen molar-refractivity contribution in [3.63, 3.8) is 0 Å². The molecule has 2 fully saturated rings. The molecular weight excluding hydrogens is 639 g/mol. The molecule has 4 heterocycles. The fourth-order valence-electron chi connectivity index (χ4n) is 7.22. The summed E-state index contributed by atoms with van der Waals surface area (Å²) in [6, 6.07) is 12.9. The van der Waals surface area contributed by atoms with Gasteiger partial charge in [-0.3, -0.25) is 18.6 Å². The molecule has 1 N–H and O–H groups in total. The second-order valence-corrected chi connectivity index (χ2v) is 14.9. The van der Waals surface area contributed by atoms with Gasteiger partial charge in [-0.1, -0.05) is 0 Å². The molecule has 1 unspecified atom stereocenters. The van der Waals surface area contributed by atoms with Crippen molar-refractivity contribution in [3.8, 4) is 23.6 Å². The quantitative estimate of drug-likeness (QED) is 0.288. The Morgan fingerprint density at radius 1 is 0.833 bits per heavy atom. The maximum atomic E-state index is 13.5. The van der Waals surface area contributed by atoms with Gasteiger partial charge < -0.3 is 28.9 Å². The van der Waals surface area contributed by atoms with Crippen molar-refractivity contribution < 1.29 is 42.3 Å². The van der Waals surface area contributed by atoms with Crippen LogP contribution in [0.15, 0.2) is 36.4 Å². The lowest BCUT2D eigenvalue weighted by atomic mass is 9.84. The Balaban J connectivity index is 1.20. The number of likely N-dealkylation sites (tertiary alicyclic amines) is 2. The number of carbonyl (C=O) groups excluding carboxylic acids is 2. The number of phosphoric ester groups is 1. The third kappa shape index (κ3) is 6.41. The summed E-state index contributed by atoms with van der Waals surface area (Å²) in [7, 11) is -4.78. The molecule has 0 radical (unpaired) electrons. The van der Waals surface area contributed by atoms with Crippen LogP contribution in [0.4, 0.5) is 0 Å².